The van der Waals surface area contributed by atoms with Crippen molar-refractivity contribution in [1.82, 2.24) is 9.55 Å². The zero-order valence-electron chi connectivity index (χ0n) is 15.1. The minimum absolute atomic E-state index is 0. The number of hydrogen-bond acceptors (Lipinski definition) is 4. The van der Waals surface area contributed by atoms with Gasteiger partial charge < -0.3 is 20.4 Å². The van der Waals surface area contributed by atoms with Crippen LogP contribution in [0.15, 0.2) is 48.5 Å². The van der Waals surface area contributed by atoms with Crippen molar-refractivity contribution < 1.29 is 9.53 Å². The maximum absolute atomic E-state index is 12.5. The van der Waals surface area contributed by atoms with Crippen molar-refractivity contribution in [2.75, 3.05) is 18.5 Å². The molecule has 1 saturated heterocycles. The lowest BCUT2D eigenvalue weighted by Gasteiger charge is -2.31. The van der Waals surface area contributed by atoms with Gasteiger partial charge >= 0.3 is 0 Å². The Bertz CT molecular complexity index is 946. The first-order valence-corrected chi connectivity index (χ1v) is 8.77. The summed E-state index contributed by atoms with van der Waals surface area (Å²) in [6.45, 7) is 1.05. The molecular formula is C20H23ClN4O2. The molecule has 2 aromatic carbocycles. The SMILES string of the molecule is Cl.Cn1c(-c2ccc(NC(=O)C3(N)CCOCC3)cc2)nc2ccccc21. The molecule has 142 valence electrons. The van der Waals surface area contributed by atoms with Crippen LogP contribution in [-0.4, -0.2) is 34.2 Å². The molecule has 2 heterocycles. The number of imidazole rings is 1. The van der Waals surface area contributed by atoms with Crippen molar-refractivity contribution in [3.63, 3.8) is 0 Å². The van der Waals surface area contributed by atoms with Crippen LogP contribution in [0, 0.1) is 0 Å². The lowest BCUT2D eigenvalue weighted by molar-refractivity contribution is -0.124. The summed E-state index contributed by atoms with van der Waals surface area (Å²) >= 11 is 0. The minimum Gasteiger partial charge on any atom is -0.381 e. The molecule has 7 heteroatoms. The van der Waals surface area contributed by atoms with E-state index < -0.39 is 5.54 Å². The van der Waals surface area contributed by atoms with E-state index in [-0.39, 0.29) is 18.3 Å². The van der Waals surface area contributed by atoms with Crippen LogP contribution < -0.4 is 11.1 Å². The molecule has 1 fully saturated rings. The molecular weight excluding hydrogens is 364 g/mol. The van der Waals surface area contributed by atoms with Crippen LogP contribution in [0.2, 0.25) is 0 Å². The number of aryl methyl sites for hydroxylation is 1. The molecule has 27 heavy (non-hydrogen) atoms. The summed E-state index contributed by atoms with van der Waals surface area (Å²) in [6, 6.07) is 15.7. The van der Waals surface area contributed by atoms with Gasteiger partial charge in [-0.15, -0.1) is 12.4 Å². The van der Waals surface area contributed by atoms with Crippen molar-refractivity contribution in [2.24, 2.45) is 12.8 Å². The maximum Gasteiger partial charge on any atom is 0.244 e. The molecule has 0 bridgehead atoms. The third kappa shape index (κ3) is 3.69. The second-order valence-electron chi connectivity index (χ2n) is 6.78. The Labute approximate surface area is 164 Å². The van der Waals surface area contributed by atoms with E-state index >= 15 is 0 Å². The van der Waals surface area contributed by atoms with Crippen molar-refractivity contribution in [3.8, 4) is 11.4 Å². The predicted octanol–water partition coefficient (Wildman–Crippen LogP) is 3.11. The fraction of sp³-hybridized carbons (Fsp3) is 0.300. The van der Waals surface area contributed by atoms with E-state index in [9.17, 15) is 4.79 Å². The highest BCUT2D eigenvalue weighted by Gasteiger charge is 2.35. The number of amides is 1. The van der Waals surface area contributed by atoms with Crippen LogP contribution in [0.5, 0.6) is 0 Å². The van der Waals surface area contributed by atoms with Gasteiger partial charge in [0.2, 0.25) is 5.91 Å². The number of anilines is 1. The number of rotatable bonds is 3. The standard InChI is InChI=1S/C20H22N4O2.ClH/c1-24-17-5-3-2-4-16(17)23-18(24)14-6-8-15(9-7-14)22-19(25)20(21)10-12-26-13-11-20;/h2-9H,10-13,21H2,1H3,(H,22,25);1H. The summed E-state index contributed by atoms with van der Waals surface area (Å²) in [7, 11) is 2.00. The number of aromatic nitrogens is 2. The summed E-state index contributed by atoms with van der Waals surface area (Å²) in [5.74, 6) is 0.736. The van der Waals surface area contributed by atoms with Crippen LogP contribution in [0.3, 0.4) is 0 Å². The number of fused-ring (bicyclic) bond motifs is 1. The molecule has 0 saturated carbocycles. The normalized spacial score (nSPS) is 15.9. The minimum atomic E-state index is -0.853. The average molecular weight is 387 g/mol. The zero-order valence-corrected chi connectivity index (χ0v) is 16.0. The van der Waals surface area contributed by atoms with E-state index in [1.165, 1.54) is 0 Å². The zero-order chi connectivity index (χ0) is 18.1. The monoisotopic (exact) mass is 386 g/mol. The largest absolute Gasteiger partial charge is 0.381 e. The second-order valence-corrected chi connectivity index (χ2v) is 6.78. The van der Waals surface area contributed by atoms with Crippen LogP contribution in [0.25, 0.3) is 22.4 Å². The number of para-hydroxylation sites is 2. The Kier molecular flexibility index (Phi) is 5.51. The summed E-state index contributed by atoms with van der Waals surface area (Å²) in [5.41, 5.74) is 9.15. The smallest absolute Gasteiger partial charge is 0.244 e. The summed E-state index contributed by atoms with van der Waals surface area (Å²) in [5, 5.41) is 2.93. The number of halogens is 1. The Hall–Kier alpha value is -2.41. The summed E-state index contributed by atoms with van der Waals surface area (Å²) in [6.07, 6.45) is 1.08. The van der Waals surface area contributed by atoms with Crippen LogP contribution in [0.1, 0.15) is 12.8 Å². The lowest BCUT2D eigenvalue weighted by Crippen LogP contribution is -2.54. The molecule has 4 rings (SSSR count). The molecule has 1 aliphatic heterocycles. The number of carbonyl (C=O) groups excluding carboxylic acids is 1. The first-order chi connectivity index (χ1) is 12.6. The highest BCUT2D eigenvalue weighted by Crippen LogP contribution is 2.25. The highest BCUT2D eigenvalue weighted by atomic mass is 35.5. The molecule has 3 N–H and O–H groups in total. The van der Waals surface area contributed by atoms with Gasteiger partial charge in [-0.2, -0.15) is 0 Å². The second kappa shape index (κ2) is 7.68. The van der Waals surface area contributed by atoms with E-state index in [4.69, 9.17) is 15.5 Å². The Morgan fingerprint density at radius 3 is 2.48 bits per heavy atom. The fourth-order valence-electron chi connectivity index (χ4n) is 3.32. The molecule has 1 aliphatic rings. The molecule has 6 nitrogen and oxygen atoms in total. The maximum atomic E-state index is 12.5. The van der Waals surface area contributed by atoms with Crippen LogP contribution in [0.4, 0.5) is 5.69 Å². The van der Waals surface area contributed by atoms with E-state index in [2.05, 4.69) is 16.0 Å². The van der Waals surface area contributed by atoms with E-state index in [1.807, 2.05) is 49.5 Å². The Morgan fingerprint density at radius 1 is 1.15 bits per heavy atom. The summed E-state index contributed by atoms with van der Waals surface area (Å²) in [4.78, 5) is 17.2. The van der Waals surface area contributed by atoms with Crippen molar-refractivity contribution in [3.05, 3.63) is 48.5 Å². The van der Waals surface area contributed by atoms with Crippen molar-refractivity contribution in [2.45, 2.75) is 18.4 Å². The van der Waals surface area contributed by atoms with E-state index in [0.29, 0.717) is 26.1 Å². The van der Waals surface area contributed by atoms with E-state index in [0.717, 1.165) is 28.1 Å². The number of hydrogen-bond donors (Lipinski definition) is 2. The topological polar surface area (TPSA) is 82.2 Å². The van der Waals surface area contributed by atoms with Gasteiger partial charge in [0.25, 0.3) is 0 Å². The van der Waals surface area contributed by atoms with Gasteiger partial charge in [-0.3, -0.25) is 4.79 Å². The highest BCUT2D eigenvalue weighted by molar-refractivity contribution is 5.98. The Balaban J connectivity index is 0.00000210. The molecule has 1 aromatic heterocycles. The first kappa shape index (κ1) is 19.4. The van der Waals surface area contributed by atoms with Gasteiger partial charge in [0.15, 0.2) is 0 Å². The molecule has 0 atom stereocenters. The van der Waals surface area contributed by atoms with Gasteiger partial charge in [-0.1, -0.05) is 12.1 Å². The number of benzene rings is 2. The third-order valence-corrected chi connectivity index (χ3v) is 5.03. The molecule has 0 aliphatic carbocycles. The van der Waals surface area contributed by atoms with Crippen LogP contribution in [-0.2, 0) is 16.6 Å². The van der Waals surface area contributed by atoms with Crippen molar-refractivity contribution in [1.29, 1.82) is 0 Å². The summed E-state index contributed by atoms with van der Waals surface area (Å²) < 4.78 is 7.37. The van der Waals surface area contributed by atoms with E-state index in [1.54, 1.807) is 0 Å². The average Bonchev–Trinajstić information content (AvgIpc) is 3.00. The number of nitrogens with zero attached hydrogens (tertiary/aromatic N) is 2. The quantitative estimate of drug-likeness (QED) is 0.724. The number of nitrogens with one attached hydrogen (secondary N) is 1. The Morgan fingerprint density at radius 2 is 1.81 bits per heavy atom. The predicted molar refractivity (Wildman–Crippen MR) is 109 cm³/mol. The molecule has 3 aromatic rings. The number of ether oxygens (including phenoxy) is 1. The van der Waals surface area contributed by atoms with Gasteiger partial charge in [-0.25, -0.2) is 4.98 Å². The molecule has 0 radical (unpaired) electrons. The van der Waals surface area contributed by atoms with Gasteiger partial charge in [0.05, 0.1) is 11.0 Å². The van der Waals surface area contributed by atoms with Gasteiger partial charge in [0.1, 0.15) is 11.4 Å². The van der Waals surface area contributed by atoms with Crippen molar-refractivity contribution >= 4 is 35.0 Å². The third-order valence-electron chi connectivity index (χ3n) is 5.03. The molecule has 1 amide bonds. The number of carbonyl (C=O) groups is 1. The molecule has 0 spiro atoms. The van der Waals surface area contributed by atoms with Crippen LogP contribution >= 0.6 is 12.4 Å². The molecule has 0 unspecified atom stereocenters. The first-order valence-electron chi connectivity index (χ1n) is 8.77. The number of nitrogens with two attached hydrogens (primary N) is 1. The van der Waals surface area contributed by atoms with Gasteiger partial charge in [-0.05, 0) is 49.2 Å². The van der Waals surface area contributed by atoms with Gasteiger partial charge in [0, 0.05) is 31.5 Å². The fourth-order valence-corrected chi connectivity index (χ4v) is 3.32. The lowest BCUT2D eigenvalue weighted by atomic mass is 9.90.